The highest BCUT2D eigenvalue weighted by Gasteiger charge is 2.27. The van der Waals surface area contributed by atoms with Crippen LogP contribution in [0.3, 0.4) is 0 Å². The monoisotopic (exact) mass is 283 g/mol. The van der Waals surface area contributed by atoms with E-state index >= 15 is 0 Å². The number of carbonyl (C=O) groups excluding carboxylic acids is 1. The van der Waals surface area contributed by atoms with Crippen LogP contribution in [-0.2, 0) is 9.59 Å². The Hall–Kier alpha value is -1.06. The molecule has 0 aromatic rings. The summed E-state index contributed by atoms with van der Waals surface area (Å²) in [5.74, 6) is -0.381. The molecule has 0 saturated carbocycles. The van der Waals surface area contributed by atoms with Crippen LogP contribution in [0.1, 0.15) is 71.1 Å². The molecule has 1 atom stereocenters. The number of hydrogen-bond donors (Lipinski definition) is 1. The summed E-state index contributed by atoms with van der Waals surface area (Å²) in [4.78, 5) is 24.5. The average Bonchev–Trinajstić information content (AvgIpc) is 2.85. The van der Waals surface area contributed by atoms with Crippen molar-refractivity contribution >= 4 is 11.9 Å². The molecule has 1 saturated heterocycles. The Labute approximate surface area is 122 Å². The Bertz CT molecular complexity index is 304. The van der Waals surface area contributed by atoms with Crippen LogP contribution in [0.25, 0.3) is 0 Å². The van der Waals surface area contributed by atoms with Crippen molar-refractivity contribution in [3.8, 4) is 0 Å². The first-order valence-electron chi connectivity index (χ1n) is 8.13. The normalized spacial score (nSPS) is 18.4. The fourth-order valence-electron chi connectivity index (χ4n) is 2.86. The predicted octanol–water partition coefficient (Wildman–Crippen LogP) is 3.45. The Balaban J connectivity index is 2.04. The summed E-state index contributed by atoms with van der Waals surface area (Å²) < 4.78 is 0. The van der Waals surface area contributed by atoms with Crippen LogP contribution in [0, 0.1) is 5.92 Å². The summed E-state index contributed by atoms with van der Waals surface area (Å²) in [6.45, 7) is 3.60. The molecule has 0 aromatic carbocycles. The molecule has 1 aliphatic heterocycles. The number of carboxylic acids is 1. The first-order chi connectivity index (χ1) is 9.63. The maximum atomic E-state index is 12.0. The van der Waals surface area contributed by atoms with Crippen LogP contribution >= 0.6 is 0 Å². The molecule has 0 aromatic heterocycles. The number of likely N-dealkylation sites (tertiary alicyclic amines) is 1. The molecule has 4 nitrogen and oxygen atoms in total. The Morgan fingerprint density at radius 1 is 1.10 bits per heavy atom. The molecular weight excluding hydrogens is 254 g/mol. The number of rotatable bonds is 10. The van der Waals surface area contributed by atoms with E-state index in [0.717, 1.165) is 25.8 Å². The Kier molecular flexibility index (Phi) is 8.31. The third-order valence-corrected chi connectivity index (χ3v) is 4.10. The van der Waals surface area contributed by atoms with Gasteiger partial charge in [-0.2, -0.15) is 0 Å². The lowest BCUT2D eigenvalue weighted by molar-refractivity contribution is -0.138. The van der Waals surface area contributed by atoms with E-state index in [2.05, 4.69) is 6.92 Å². The highest BCUT2D eigenvalue weighted by Crippen LogP contribution is 2.20. The number of carboxylic acid groups (broad SMARTS) is 1. The molecule has 1 N–H and O–H groups in total. The van der Waals surface area contributed by atoms with Crippen molar-refractivity contribution < 1.29 is 14.7 Å². The summed E-state index contributed by atoms with van der Waals surface area (Å²) in [6.07, 6.45) is 10.2. The quantitative estimate of drug-likeness (QED) is 0.625. The minimum atomic E-state index is -0.753. The third kappa shape index (κ3) is 6.92. The van der Waals surface area contributed by atoms with E-state index in [0.29, 0.717) is 13.0 Å². The van der Waals surface area contributed by atoms with Gasteiger partial charge in [-0.15, -0.1) is 0 Å². The van der Waals surface area contributed by atoms with E-state index in [-0.39, 0.29) is 18.2 Å². The van der Waals surface area contributed by atoms with Crippen LogP contribution in [0.15, 0.2) is 0 Å². The molecular formula is C16H29NO3. The number of unbranched alkanes of at least 4 members (excludes halogenated alkanes) is 6. The zero-order valence-electron chi connectivity index (χ0n) is 12.8. The van der Waals surface area contributed by atoms with Gasteiger partial charge in [0.2, 0.25) is 5.91 Å². The minimum Gasteiger partial charge on any atom is -0.481 e. The van der Waals surface area contributed by atoms with Gasteiger partial charge in [0, 0.05) is 25.9 Å². The standard InChI is InChI=1S/C16H29NO3/c1-2-3-4-5-6-7-8-9-15(18)17-11-10-14(13-17)12-16(19)20/h14H,2-13H2,1H3,(H,19,20). The molecule has 0 aliphatic carbocycles. The van der Waals surface area contributed by atoms with E-state index in [9.17, 15) is 9.59 Å². The fraction of sp³-hybridized carbons (Fsp3) is 0.875. The summed E-state index contributed by atoms with van der Waals surface area (Å²) in [7, 11) is 0. The number of hydrogen-bond acceptors (Lipinski definition) is 2. The summed E-state index contributed by atoms with van der Waals surface area (Å²) in [5, 5.41) is 8.76. The highest BCUT2D eigenvalue weighted by atomic mass is 16.4. The topological polar surface area (TPSA) is 57.6 Å². The Morgan fingerprint density at radius 2 is 1.75 bits per heavy atom. The van der Waals surface area contributed by atoms with E-state index in [1.165, 1.54) is 32.1 Å². The summed E-state index contributed by atoms with van der Waals surface area (Å²) in [5.41, 5.74) is 0. The molecule has 0 radical (unpaired) electrons. The second-order valence-corrected chi connectivity index (χ2v) is 5.96. The van der Waals surface area contributed by atoms with E-state index in [1.54, 1.807) is 0 Å². The van der Waals surface area contributed by atoms with Gasteiger partial charge in [0.05, 0.1) is 0 Å². The van der Waals surface area contributed by atoms with Crippen molar-refractivity contribution in [1.29, 1.82) is 0 Å². The lowest BCUT2D eigenvalue weighted by Gasteiger charge is -2.16. The lowest BCUT2D eigenvalue weighted by Crippen LogP contribution is -2.28. The number of aliphatic carboxylic acids is 1. The molecule has 4 heteroatoms. The van der Waals surface area contributed by atoms with E-state index in [1.807, 2.05) is 4.90 Å². The minimum absolute atomic E-state index is 0.158. The van der Waals surface area contributed by atoms with E-state index in [4.69, 9.17) is 5.11 Å². The second kappa shape index (κ2) is 9.78. The Morgan fingerprint density at radius 3 is 2.40 bits per heavy atom. The molecule has 1 rings (SSSR count). The van der Waals surface area contributed by atoms with Crippen molar-refractivity contribution in [2.24, 2.45) is 5.92 Å². The van der Waals surface area contributed by atoms with E-state index < -0.39 is 5.97 Å². The predicted molar refractivity (Wildman–Crippen MR) is 79.5 cm³/mol. The molecule has 20 heavy (non-hydrogen) atoms. The number of carbonyl (C=O) groups is 2. The molecule has 1 amide bonds. The summed E-state index contributed by atoms with van der Waals surface area (Å²) >= 11 is 0. The van der Waals surface area contributed by atoms with Crippen LogP contribution in [0.2, 0.25) is 0 Å². The number of amides is 1. The largest absolute Gasteiger partial charge is 0.481 e. The van der Waals surface area contributed by atoms with Crippen molar-refractivity contribution in [3.63, 3.8) is 0 Å². The molecule has 1 heterocycles. The fourth-order valence-corrected chi connectivity index (χ4v) is 2.86. The van der Waals surface area contributed by atoms with Gasteiger partial charge >= 0.3 is 5.97 Å². The lowest BCUT2D eigenvalue weighted by atomic mass is 10.1. The molecule has 0 spiro atoms. The van der Waals surface area contributed by atoms with Gasteiger partial charge < -0.3 is 10.0 Å². The third-order valence-electron chi connectivity index (χ3n) is 4.10. The molecule has 1 unspecified atom stereocenters. The number of nitrogens with zero attached hydrogens (tertiary/aromatic N) is 1. The van der Waals surface area contributed by atoms with Gasteiger partial charge in [0.1, 0.15) is 0 Å². The zero-order valence-corrected chi connectivity index (χ0v) is 12.8. The van der Waals surface area contributed by atoms with Crippen LogP contribution < -0.4 is 0 Å². The smallest absolute Gasteiger partial charge is 0.303 e. The first-order valence-corrected chi connectivity index (χ1v) is 8.13. The van der Waals surface area contributed by atoms with Crippen molar-refractivity contribution in [1.82, 2.24) is 4.90 Å². The van der Waals surface area contributed by atoms with Crippen molar-refractivity contribution in [2.45, 2.75) is 71.1 Å². The zero-order chi connectivity index (χ0) is 14.8. The van der Waals surface area contributed by atoms with Crippen LogP contribution in [0.5, 0.6) is 0 Å². The average molecular weight is 283 g/mol. The highest BCUT2D eigenvalue weighted by molar-refractivity contribution is 5.76. The van der Waals surface area contributed by atoms with Gasteiger partial charge in [-0.05, 0) is 18.8 Å². The SMILES string of the molecule is CCCCCCCCCC(=O)N1CCC(CC(=O)O)C1. The maximum Gasteiger partial charge on any atom is 0.303 e. The molecule has 0 bridgehead atoms. The van der Waals surface area contributed by atoms with Gasteiger partial charge in [-0.3, -0.25) is 9.59 Å². The summed E-state index contributed by atoms with van der Waals surface area (Å²) in [6, 6.07) is 0. The molecule has 1 fully saturated rings. The second-order valence-electron chi connectivity index (χ2n) is 5.96. The molecule has 1 aliphatic rings. The van der Waals surface area contributed by atoms with Gasteiger partial charge in [0.25, 0.3) is 0 Å². The molecule has 116 valence electrons. The van der Waals surface area contributed by atoms with Crippen LogP contribution in [-0.4, -0.2) is 35.0 Å². The van der Waals surface area contributed by atoms with Crippen molar-refractivity contribution in [2.75, 3.05) is 13.1 Å². The van der Waals surface area contributed by atoms with Gasteiger partial charge in [-0.1, -0.05) is 45.4 Å². The van der Waals surface area contributed by atoms with Crippen LogP contribution in [0.4, 0.5) is 0 Å². The maximum absolute atomic E-state index is 12.0. The van der Waals surface area contributed by atoms with Gasteiger partial charge in [0.15, 0.2) is 0 Å². The van der Waals surface area contributed by atoms with Crippen molar-refractivity contribution in [3.05, 3.63) is 0 Å². The first kappa shape index (κ1) is 17.0. The van der Waals surface area contributed by atoms with Gasteiger partial charge in [-0.25, -0.2) is 0 Å².